The molecule has 0 saturated carbocycles. The van der Waals surface area contributed by atoms with Gasteiger partial charge in [0.05, 0.1) is 12.2 Å². The fraction of sp³-hybridized carbons (Fsp3) is 0.438. The molecule has 1 heterocycles. The molecule has 1 aromatic heterocycles. The summed E-state index contributed by atoms with van der Waals surface area (Å²) < 4.78 is 1.72. The van der Waals surface area contributed by atoms with Gasteiger partial charge in [0.25, 0.3) is 0 Å². The molecule has 5 heteroatoms. The van der Waals surface area contributed by atoms with Crippen LogP contribution in [0.3, 0.4) is 0 Å². The molecule has 1 N–H and O–H groups in total. The van der Waals surface area contributed by atoms with Gasteiger partial charge in [-0.15, -0.1) is 5.10 Å². The summed E-state index contributed by atoms with van der Waals surface area (Å²) in [5, 5.41) is 17.1. The predicted octanol–water partition coefficient (Wildman–Crippen LogP) is 2.84. The van der Waals surface area contributed by atoms with Gasteiger partial charge in [-0.25, -0.2) is 9.48 Å². The number of aromatic carboxylic acids is 1. The van der Waals surface area contributed by atoms with E-state index in [2.05, 4.69) is 50.1 Å². The van der Waals surface area contributed by atoms with Crippen molar-refractivity contribution in [2.24, 2.45) is 5.92 Å². The van der Waals surface area contributed by atoms with E-state index in [4.69, 9.17) is 0 Å². The summed E-state index contributed by atoms with van der Waals surface area (Å²) in [6.07, 6.45) is 0.652. The standard InChI is InChI=1S/C16H21N3O2/c1-10(2)8-14-15(16(20)21)17-18-19(14)9-13-11(3)6-5-7-12(13)4/h5-7,10H,8-9H2,1-4H3,(H,20,21). The number of hydrogen-bond acceptors (Lipinski definition) is 3. The van der Waals surface area contributed by atoms with Crippen LogP contribution in [0.1, 0.15) is 46.7 Å². The van der Waals surface area contributed by atoms with Crippen molar-refractivity contribution in [1.29, 1.82) is 0 Å². The molecule has 0 saturated heterocycles. The molecule has 0 radical (unpaired) electrons. The number of nitrogens with zero attached hydrogens (tertiary/aromatic N) is 3. The van der Waals surface area contributed by atoms with Crippen molar-refractivity contribution in [1.82, 2.24) is 15.0 Å². The third-order valence-corrected chi connectivity index (χ3v) is 3.59. The van der Waals surface area contributed by atoms with Gasteiger partial charge in [0, 0.05) is 0 Å². The van der Waals surface area contributed by atoms with Gasteiger partial charge in [-0.05, 0) is 42.9 Å². The third-order valence-electron chi connectivity index (χ3n) is 3.59. The van der Waals surface area contributed by atoms with E-state index in [0.29, 0.717) is 24.6 Å². The summed E-state index contributed by atoms with van der Waals surface area (Å²) in [4.78, 5) is 11.3. The number of benzene rings is 1. The second-order valence-corrected chi connectivity index (χ2v) is 5.82. The maximum atomic E-state index is 11.3. The first kappa shape index (κ1) is 15.2. The van der Waals surface area contributed by atoms with E-state index in [-0.39, 0.29) is 5.69 Å². The highest BCUT2D eigenvalue weighted by Crippen LogP contribution is 2.18. The maximum absolute atomic E-state index is 11.3. The van der Waals surface area contributed by atoms with Gasteiger partial charge in [-0.1, -0.05) is 37.3 Å². The molecule has 5 nitrogen and oxygen atoms in total. The van der Waals surface area contributed by atoms with Crippen molar-refractivity contribution in [2.45, 2.75) is 40.7 Å². The van der Waals surface area contributed by atoms with Crippen LogP contribution in [-0.4, -0.2) is 26.1 Å². The van der Waals surface area contributed by atoms with Gasteiger partial charge in [-0.3, -0.25) is 0 Å². The smallest absolute Gasteiger partial charge is 0.358 e. The van der Waals surface area contributed by atoms with Gasteiger partial charge in [0.1, 0.15) is 0 Å². The first-order chi connectivity index (χ1) is 9.90. The van der Waals surface area contributed by atoms with Crippen LogP contribution in [0.2, 0.25) is 0 Å². The quantitative estimate of drug-likeness (QED) is 0.918. The zero-order chi connectivity index (χ0) is 15.6. The molecule has 0 aliphatic heterocycles. The lowest BCUT2D eigenvalue weighted by molar-refractivity contribution is 0.0689. The van der Waals surface area contributed by atoms with E-state index in [9.17, 15) is 9.90 Å². The molecule has 0 unspecified atom stereocenters. The van der Waals surface area contributed by atoms with E-state index >= 15 is 0 Å². The Morgan fingerprint density at radius 1 is 1.29 bits per heavy atom. The average molecular weight is 287 g/mol. The SMILES string of the molecule is Cc1cccc(C)c1Cn1nnc(C(=O)O)c1CC(C)C. The molecule has 0 amide bonds. The lowest BCUT2D eigenvalue weighted by atomic mass is 10.0. The highest BCUT2D eigenvalue weighted by Gasteiger charge is 2.20. The van der Waals surface area contributed by atoms with E-state index in [0.717, 1.165) is 0 Å². The largest absolute Gasteiger partial charge is 0.476 e. The number of carboxylic acids is 1. The second kappa shape index (κ2) is 6.08. The second-order valence-electron chi connectivity index (χ2n) is 5.82. The van der Waals surface area contributed by atoms with Gasteiger partial charge in [0.2, 0.25) is 0 Å². The third kappa shape index (κ3) is 3.29. The summed E-state index contributed by atoms with van der Waals surface area (Å²) in [6.45, 7) is 8.78. The predicted molar refractivity (Wildman–Crippen MR) is 80.5 cm³/mol. The highest BCUT2D eigenvalue weighted by atomic mass is 16.4. The van der Waals surface area contributed by atoms with Crippen molar-refractivity contribution in [2.75, 3.05) is 0 Å². The highest BCUT2D eigenvalue weighted by molar-refractivity contribution is 5.86. The van der Waals surface area contributed by atoms with Crippen LogP contribution in [0.4, 0.5) is 0 Å². The molecular weight excluding hydrogens is 266 g/mol. The minimum Gasteiger partial charge on any atom is -0.476 e. The average Bonchev–Trinajstić information content (AvgIpc) is 2.76. The summed E-state index contributed by atoms with van der Waals surface area (Å²) in [5.41, 5.74) is 4.29. The molecule has 0 aliphatic carbocycles. The molecule has 0 aliphatic rings. The number of carboxylic acid groups (broad SMARTS) is 1. The topological polar surface area (TPSA) is 68.0 Å². The molecule has 2 aromatic rings. The van der Waals surface area contributed by atoms with Crippen molar-refractivity contribution in [3.63, 3.8) is 0 Å². The van der Waals surface area contributed by atoms with E-state index in [1.807, 2.05) is 6.07 Å². The normalized spacial score (nSPS) is 11.1. The van der Waals surface area contributed by atoms with Gasteiger partial charge in [-0.2, -0.15) is 0 Å². The molecule has 0 bridgehead atoms. The van der Waals surface area contributed by atoms with E-state index < -0.39 is 5.97 Å². The lowest BCUT2D eigenvalue weighted by Gasteiger charge is -2.13. The Kier molecular flexibility index (Phi) is 4.40. The zero-order valence-electron chi connectivity index (χ0n) is 12.9. The Hall–Kier alpha value is -2.17. The Balaban J connectivity index is 2.42. The number of aryl methyl sites for hydroxylation is 2. The fourth-order valence-electron chi connectivity index (χ4n) is 2.46. The van der Waals surface area contributed by atoms with Crippen LogP contribution in [0, 0.1) is 19.8 Å². The number of carbonyl (C=O) groups is 1. The molecule has 21 heavy (non-hydrogen) atoms. The van der Waals surface area contributed by atoms with Gasteiger partial charge < -0.3 is 5.11 Å². The van der Waals surface area contributed by atoms with Crippen molar-refractivity contribution < 1.29 is 9.90 Å². The fourth-order valence-corrected chi connectivity index (χ4v) is 2.46. The first-order valence-corrected chi connectivity index (χ1v) is 7.11. The summed E-state index contributed by atoms with van der Waals surface area (Å²) in [5.74, 6) is -0.670. The van der Waals surface area contributed by atoms with Crippen LogP contribution < -0.4 is 0 Å². The zero-order valence-corrected chi connectivity index (χ0v) is 12.9. The molecule has 0 atom stereocenters. The van der Waals surface area contributed by atoms with E-state index in [1.165, 1.54) is 16.7 Å². The Morgan fingerprint density at radius 2 is 1.90 bits per heavy atom. The first-order valence-electron chi connectivity index (χ1n) is 7.11. The van der Waals surface area contributed by atoms with Crippen LogP contribution in [0.25, 0.3) is 0 Å². The lowest BCUT2D eigenvalue weighted by Crippen LogP contribution is -2.13. The summed E-state index contributed by atoms with van der Waals surface area (Å²) in [6, 6.07) is 6.13. The van der Waals surface area contributed by atoms with Crippen molar-refractivity contribution >= 4 is 5.97 Å². The molecule has 0 spiro atoms. The van der Waals surface area contributed by atoms with Crippen molar-refractivity contribution in [3.05, 3.63) is 46.3 Å². The Labute approximate surface area is 124 Å². The minimum absolute atomic E-state index is 0.0648. The maximum Gasteiger partial charge on any atom is 0.358 e. The number of hydrogen-bond donors (Lipinski definition) is 1. The summed E-state index contributed by atoms with van der Waals surface area (Å²) >= 11 is 0. The number of aromatic nitrogens is 3. The number of rotatable bonds is 5. The van der Waals surface area contributed by atoms with Crippen LogP contribution >= 0.6 is 0 Å². The minimum atomic E-state index is -1.02. The molecular formula is C16H21N3O2. The Bertz CT molecular complexity index is 639. The monoisotopic (exact) mass is 287 g/mol. The Morgan fingerprint density at radius 3 is 2.43 bits per heavy atom. The molecule has 1 aromatic carbocycles. The molecule has 2 rings (SSSR count). The molecule has 0 fully saturated rings. The van der Waals surface area contributed by atoms with Crippen LogP contribution in [0.5, 0.6) is 0 Å². The van der Waals surface area contributed by atoms with Crippen LogP contribution in [-0.2, 0) is 13.0 Å². The molecule has 112 valence electrons. The van der Waals surface area contributed by atoms with Crippen molar-refractivity contribution in [3.8, 4) is 0 Å². The van der Waals surface area contributed by atoms with Gasteiger partial charge >= 0.3 is 5.97 Å². The van der Waals surface area contributed by atoms with Crippen LogP contribution in [0.15, 0.2) is 18.2 Å². The van der Waals surface area contributed by atoms with Gasteiger partial charge in [0.15, 0.2) is 5.69 Å². The summed E-state index contributed by atoms with van der Waals surface area (Å²) in [7, 11) is 0. The van der Waals surface area contributed by atoms with E-state index in [1.54, 1.807) is 4.68 Å².